The van der Waals surface area contributed by atoms with Gasteiger partial charge in [-0.2, -0.15) is 0 Å². The van der Waals surface area contributed by atoms with Gasteiger partial charge in [0.05, 0.1) is 26.4 Å². The first-order valence-corrected chi connectivity index (χ1v) is 10.2. The quantitative estimate of drug-likeness (QED) is 0.368. The van der Waals surface area contributed by atoms with E-state index in [0.29, 0.717) is 19.3 Å². The van der Waals surface area contributed by atoms with Gasteiger partial charge in [0, 0.05) is 0 Å². The molecular weight excluding hydrogens is 348 g/mol. The number of benzene rings is 2. The van der Waals surface area contributed by atoms with Crippen molar-refractivity contribution < 1.29 is 14.2 Å². The molecular formula is C25H32O3. The van der Waals surface area contributed by atoms with Crippen molar-refractivity contribution in [3.8, 4) is 5.75 Å². The summed E-state index contributed by atoms with van der Waals surface area (Å²) in [7, 11) is 1.71. The Balaban J connectivity index is 1.33. The Morgan fingerprint density at radius 3 is 2.68 bits per heavy atom. The summed E-state index contributed by atoms with van der Waals surface area (Å²) in [5.74, 6) is 0.929. The molecule has 28 heavy (non-hydrogen) atoms. The SMILES string of the molecule is COc1cccc(CC/C=C(\C)CCC2OC2(C)COCc2ccccc2)c1. The lowest BCUT2D eigenvalue weighted by atomic mass is 10.0. The third-order valence-corrected chi connectivity index (χ3v) is 5.40. The van der Waals surface area contributed by atoms with E-state index in [4.69, 9.17) is 14.2 Å². The number of allylic oxidation sites excluding steroid dienone is 2. The lowest BCUT2D eigenvalue weighted by molar-refractivity contribution is 0.0742. The van der Waals surface area contributed by atoms with Crippen molar-refractivity contribution in [1.82, 2.24) is 0 Å². The summed E-state index contributed by atoms with van der Waals surface area (Å²) in [5, 5.41) is 0. The van der Waals surface area contributed by atoms with Crippen LogP contribution in [0.2, 0.25) is 0 Å². The molecule has 2 aromatic carbocycles. The highest BCUT2D eigenvalue weighted by Gasteiger charge is 2.51. The predicted octanol–water partition coefficient (Wildman–Crippen LogP) is 5.73. The molecule has 2 atom stereocenters. The second-order valence-electron chi connectivity index (χ2n) is 7.88. The highest BCUT2D eigenvalue weighted by Crippen LogP contribution is 2.40. The Labute approximate surface area is 169 Å². The van der Waals surface area contributed by atoms with Gasteiger partial charge in [0.15, 0.2) is 0 Å². The van der Waals surface area contributed by atoms with E-state index < -0.39 is 0 Å². The van der Waals surface area contributed by atoms with Gasteiger partial charge < -0.3 is 14.2 Å². The van der Waals surface area contributed by atoms with Gasteiger partial charge in [-0.3, -0.25) is 0 Å². The maximum atomic E-state index is 5.93. The van der Waals surface area contributed by atoms with Crippen LogP contribution in [-0.2, 0) is 22.5 Å². The molecule has 1 heterocycles. The average Bonchev–Trinajstić information content (AvgIpc) is 3.37. The third kappa shape index (κ3) is 6.22. The Morgan fingerprint density at radius 1 is 1.11 bits per heavy atom. The highest BCUT2D eigenvalue weighted by molar-refractivity contribution is 5.28. The molecule has 3 heteroatoms. The van der Waals surface area contributed by atoms with Crippen LogP contribution in [0.1, 0.15) is 44.2 Å². The van der Waals surface area contributed by atoms with Crippen molar-refractivity contribution in [2.75, 3.05) is 13.7 Å². The molecule has 0 radical (unpaired) electrons. The first kappa shape index (κ1) is 20.6. The van der Waals surface area contributed by atoms with E-state index in [1.165, 1.54) is 16.7 Å². The maximum absolute atomic E-state index is 5.93. The maximum Gasteiger partial charge on any atom is 0.119 e. The summed E-state index contributed by atoms with van der Waals surface area (Å²) in [6.45, 7) is 5.68. The van der Waals surface area contributed by atoms with E-state index in [2.05, 4.69) is 50.3 Å². The number of aryl methyl sites for hydroxylation is 1. The Kier molecular flexibility index (Phi) is 7.30. The Hall–Kier alpha value is -2.10. The third-order valence-electron chi connectivity index (χ3n) is 5.40. The number of hydrogen-bond donors (Lipinski definition) is 0. The van der Waals surface area contributed by atoms with Gasteiger partial charge in [-0.1, -0.05) is 54.1 Å². The van der Waals surface area contributed by atoms with Crippen LogP contribution in [0.3, 0.4) is 0 Å². The van der Waals surface area contributed by atoms with Crippen molar-refractivity contribution in [2.24, 2.45) is 0 Å². The molecule has 0 spiro atoms. The van der Waals surface area contributed by atoms with Crippen molar-refractivity contribution in [1.29, 1.82) is 0 Å². The Bertz CT molecular complexity index is 768. The van der Waals surface area contributed by atoms with Crippen molar-refractivity contribution in [2.45, 2.75) is 57.8 Å². The van der Waals surface area contributed by atoms with Gasteiger partial charge in [0.2, 0.25) is 0 Å². The fourth-order valence-electron chi connectivity index (χ4n) is 3.50. The zero-order valence-corrected chi connectivity index (χ0v) is 17.3. The summed E-state index contributed by atoms with van der Waals surface area (Å²) in [6.07, 6.45) is 6.90. The van der Waals surface area contributed by atoms with Crippen molar-refractivity contribution >= 4 is 0 Å². The molecule has 2 aromatic rings. The fraction of sp³-hybridized carbons (Fsp3) is 0.440. The molecule has 2 unspecified atom stereocenters. The van der Waals surface area contributed by atoms with Gasteiger partial charge in [0.1, 0.15) is 11.4 Å². The minimum atomic E-state index is -0.115. The first-order chi connectivity index (χ1) is 13.6. The molecule has 1 aliphatic heterocycles. The number of methoxy groups -OCH3 is 1. The number of ether oxygens (including phenoxy) is 3. The monoisotopic (exact) mass is 380 g/mol. The molecule has 0 aliphatic carbocycles. The standard InChI is InChI=1S/C25H32O3/c1-20(9-7-12-21-13-8-14-23(17-21)26-3)15-16-24-25(2,28-24)19-27-18-22-10-5-4-6-11-22/h4-6,8-11,13-14,17,24H,7,12,15-16,18-19H2,1-3H3/b20-9+. The summed E-state index contributed by atoms with van der Waals surface area (Å²) in [5.41, 5.74) is 3.84. The van der Waals surface area contributed by atoms with Crippen LogP contribution < -0.4 is 4.74 Å². The van der Waals surface area contributed by atoms with Crippen LogP contribution in [-0.4, -0.2) is 25.4 Å². The van der Waals surface area contributed by atoms with Gasteiger partial charge in [-0.25, -0.2) is 0 Å². The molecule has 0 saturated carbocycles. The molecule has 3 nitrogen and oxygen atoms in total. The molecule has 0 N–H and O–H groups in total. The molecule has 1 saturated heterocycles. The van der Waals surface area contributed by atoms with E-state index in [-0.39, 0.29) is 5.60 Å². The van der Waals surface area contributed by atoms with Crippen LogP contribution in [0.25, 0.3) is 0 Å². The molecule has 1 aliphatic rings. The van der Waals surface area contributed by atoms with Crippen LogP contribution in [0, 0.1) is 0 Å². The van der Waals surface area contributed by atoms with E-state index in [9.17, 15) is 0 Å². The average molecular weight is 381 g/mol. The predicted molar refractivity (Wildman–Crippen MR) is 114 cm³/mol. The topological polar surface area (TPSA) is 31.0 Å². The molecule has 150 valence electrons. The first-order valence-electron chi connectivity index (χ1n) is 10.2. The molecule has 0 aromatic heterocycles. The van der Waals surface area contributed by atoms with Crippen LogP contribution in [0.5, 0.6) is 5.75 Å². The second-order valence-corrected chi connectivity index (χ2v) is 7.88. The van der Waals surface area contributed by atoms with Gasteiger partial charge in [-0.15, -0.1) is 0 Å². The summed E-state index contributed by atoms with van der Waals surface area (Å²) in [4.78, 5) is 0. The molecule has 3 rings (SSSR count). The fourth-order valence-corrected chi connectivity index (χ4v) is 3.50. The smallest absolute Gasteiger partial charge is 0.119 e. The number of epoxide rings is 1. The largest absolute Gasteiger partial charge is 0.497 e. The highest BCUT2D eigenvalue weighted by atomic mass is 16.6. The van der Waals surface area contributed by atoms with E-state index in [0.717, 1.165) is 31.4 Å². The normalized spacial score (nSPS) is 21.5. The number of hydrogen-bond acceptors (Lipinski definition) is 3. The zero-order valence-electron chi connectivity index (χ0n) is 17.3. The van der Waals surface area contributed by atoms with Crippen molar-refractivity contribution in [3.63, 3.8) is 0 Å². The molecule has 1 fully saturated rings. The van der Waals surface area contributed by atoms with Gasteiger partial charge >= 0.3 is 0 Å². The van der Waals surface area contributed by atoms with Gasteiger partial charge in [0.25, 0.3) is 0 Å². The van der Waals surface area contributed by atoms with E-state index >= 15 is 0 Å². The molecule has 0 bridgehead atoms. The minimum absolute atomic E-state index is 0.115. The van der Waals surface area contributed by atoms with Gasteiger partial charge in [-0.05, 0) is 62.8 Å². The zero-order chi connectivity index (χ0) is 19.8. The van der Waals surface area contributed by atoms with Crippen molar-refractivity contribution in [3.05, 3.63) is 77.4 Å². The van der Waals surface area contributed by atoms with Crippen LogP contribution in [0.4, 0.5) is 0 Å². The van der Waals surface area contributed by atoms with E-state index in [1.54, 1.807) is 7.11 Å². The van der Waals surface area contributed by atoms with Crippen LogP contribution in [0.15, 0.2) is 66.2 Å². The van der Waals surface area contributed by atoms with E-state index in [1.807, 2.05) is 24.3 Å². The lowest BCUT2D eigenvalue weighted by Gasteiger charge is -2.08. The van der Waals surface area contributed by atoms with Crippen LogP contribution >= 0.6 is 0 Å². The summed E-state index contributed by atoms with van der Waals surface area (Å²) in [6, 6.07) is 18.6. The minimum Gasteiger partial charge on any atom is -0.497 e. The summed E-state index contributed by atoms with van der Waals surface area (Å²) < 4.78 is 17.1. The summed E-state index contributed by atoms with van der Waals surface area (Å²) >= 11 is 0. The molecule has 0 amide bonds. The second kappa shape index (κ2) is 9.90. The lowest BCUT2D eigenvalue weighted by Crippen LogP contribution is -2.18. The number of rotatable bonds is 11. The Morgan fingerprint density at radius 2 is 1.89 bits per heavy atom.